The van der Waals surface area contributed by atoms with E-state index < -0.39 is 0 Å². The Morgan fingerprint density at radius 2 is 2.31 bits per heavy atom. The van der Waals surface area contributed by atoms with Gasteiger partial charge in [-0.05, 0) is 33.2 Å². The van der Waals surface area contributed by atoms with E-state index in [2.05, 4.69) is 22.3 Å². The summed E-state index contributed by atoms with van der Waals surface area (Å²) in [5.74, 6) is 6.47. The van der Waals surface area contributed by atoms with Gasteiger partial charge in [-0.2, -0.15) is 5.10 Å². The Kier molecular flexibility index (Phi) is 3.16. The SMILES string of the molecule is Cc1nn(C)c(NN)c1CN1CCCC1C. The Morgan fingerprint density at radius 3 is 2.88 bits per heavy atom. The normalized spacial score (nSPS) is 21.6. The molecule has 1 saturated heterocycles. The van der Waals surface area contributed by atoms with E-state index in [0.29, 0.717) is 6.04 Å². The highest BCUT2D eigenvalue weighted by Gasteiger charge is 2.23. The lowest BCUT2D eigenvalue weighted by molar-refractivity contribution is 0.260. The van der Waals surface area contributed by atoms with Crippen LogP contribution in [0.2, 0.25) is 0 Å². The summed E-state index contributed by atoms with van der Waals surface area (Å²) in [5, 5.41) is 4.40. The maximum atomic E-state index is 5.54. The number of anilines is 1. The lowest BCUT2D eigenvalue weighted by Gasteiger charge is -2.21. The predicted molar refractivity (Wildman–Crippen MR) is 64.9 cm³/mol. The first-order valence-corrected chi connectivity index (χ1v) is 5.86. The highest BCUT2D eigenvalue weighted by Crippen LogP contribution is 2.24. The van der Waals surface area contributed by atoms with E-state index in [0.717, 1.165) is 18.1 Å². The number of hydrogen-bond acceptors (Lipinski definition) is 4. The molecule has 0 spiro atoms. The fourth-order valence-electron chi connectivity index (χ4n) is 2.50. The Bertz CT molecular complexity index is 371. The van der Waals surface area contributed by atoms with Gasteiger partial charge in [0.05, 0.1) is 5.69 Å². The quantitative estimate of drug-likeness (QED) is 0.593. The second-order valence-corrected chi connectivity index (χ2v) is 4.64. The molecule has 16 heavy (non-hydrogen) atoms. The summed E-state index contributed by atoms with van der Waals surface area (Å²) in [7, 11) is 1.92. The van der Waals surface area contributed by atoms with Crippen molar-refractivity contribution in [3.63, 3.8) is 0 Å². The smallest absolute Gasteiger partial charge is 0.142 e. The number of aryl methyl sites for hydroxylation is 2. The van der Waals surface area contributed by atoms with Crippen molar-refractivity contribution < 1.29 is 0 Å². The van der Waals surface area contributed by atoms with Gasteiger partial charge in [-0.1, -0.05) is 0 Å². The second kappa shape index (κ2) is 4.43. The first kappa shape index (κ1) is 11.4. The molecule has 90 valence electrons. The predicted octanol–water partition coefficient (Wildman–Crippen LogP) is 0.998. The number of nitrogens with zero attached hydrogens (tertiary/aromatic N) is 3. The van der Waals surface area contributed by atoms with Gasteiger partial charge >= 0.3 is 0 Å². The van der Waals surface area contributed by atoms with Gasteiger partial charge in [-0.3, -0.25) is 9.58 Å². The molecular formula is C11H21N5. The summed E-state index contributed by atoms with van der Waals surface area (Å²) >= 11 is 0. The van der Waals surface area contributed by atoms with E-state index >= 15 is 0 Å². The van der Waals surface area contributed by atoms with Crippen LogP contribution in [0.5, 0.6) is 0 Å². The first-order valence-electron chi connectivity index (χ1n) is 5.86. The molecule has 0 radical (unpaired) electrons. The van der Waals surface area contributed by atoms with E-state index in [1.54, 1.807) is 0 Å². The van der Waals surface area contributed by atoms with Crippen molar-refractivity contribution in [3.05, 3.63) is 11.3 Å². The third kappa shape index (κ3) is 1.92. The highest BCUT2D eigenvalue weighted by molar-refractivity contribution is 5.46. The maximum absolute atomic E-state index is 5.54. The molecule has 2 heterocycles. The van der Waals surface area contributed by atoms with E-state index in [9.17, 15) is 0 Å². The average Bonchev–Trinajstić information content (AvgIpc) is 2.74. The van der Waals surface area contributed by atoms with Crippen LogP contribution >= 0.6 is 0 Å². The van der Waals surface area contributed by atoms with Gasteiger partial charge in [0.2, 0.25) is 0 Å². The van der Waals surface area contributed by atoms with E-state index in [1.807, 2.05) is 18.7 Å². The minimum absolute atomic E-state index is 0.672. The third-order valence-corrected chi connectivity index (χ3v) is 3.53. The van der Waals surface area contributed by atoms with Crippen molar-refractivity contribution in [2.45, 2.75) is 39.3 Å². The summed E-state index contributed by atoms with van der Waals surface area (Å²) in [5.41, 5.74) is 5.03. The molecule has 0 amide bonds. The second-order valence-electron chi connectivity index (χ2n) is 4.64. The Balaban J connectivity index is 2.20. The number of hydrogen-bond donors (Lipinski definition) is 2. The molecule has 5 nitrogen and oxygen atoms in total. The summed E-state index contributed by atoms with van der Waals surface area (Å²) in [6.07, 6.45) is 2.59. The summed E-state index contributed by atoms with van der Waals surface area (Å²) < 4.78 is 1.81. The molecule has 2 rings (SSSR count). The van der Waals surface area contributed by atoms with Crippen LogP contribution in [0.4, 0.5) is 5.82 Å². The standard InChI is InChI=1S/C11H21N5/c1-8-5-4-6-16(8)7-10-9(2)14-15(3)11(10)13-12/h8,13H,4-7,12H2,1-3H3. The molecule has 0 saturated carbocycles. The Labute approximate surface area is 96.6 Å². The van der Waals surface area contributed by atoms with Crippen molar-refractivity contribution in [1.29, 1.82) is 0 Å². The minimum atomic E-state index is 0.672. The molecule has 1 unspecified atom stereocenters. The molecule has 0 aromatic carbocycles. The monoisotopic (exact) mass is 223 g/mol. The van der Waals surface area contributed by atoms with Crippen LogP contribution < -0.4 is 11.3 Å². The first-order chi connectivity index (χ1) is 7.63. The number of aromatic nitrogens is 2. The summed E-state index contributed by atoms with van der Waals surface area (Å²) in [6, 6.07) is 0.672. The molecule has 1 aliphatic rings. The molecule has 1 aromatic heterocycles. The fraction of sp³-hybridized carbons (Fsp3) is 0.727. The van der Waals surface area contributed by atoms with Crippen molar-refractivity contribution in [3.8, 4) is 0 Å². The number of likely N-dealkylation sites (tertiary alicyclic amines) is 1. The number of hydrazine groups is 1. The van der Waals surface area contributed by atoms with Gasteiger partial charge in [0.25, 0.3) is 0 Å². The van der Waals surface area contributed by atoms with Gasteiger partial charge in [0.1, 0.15) is 5.82 Å². The largest absolute Gasteiger partial charge is 0.308 e. The van der Waals surface area contributed by atoms with Gasteiger partial charge < -0.3 is 5.43 Å². The van der Waals surface area contributed by atoms with Gasteiger partial charge in [-0.25, -0.2) is 5.84 Å². The number of rotatable bonds is 3. The Morgan fingerprint density at radius 1 is 1.56 bits per heavy atom. The maximum Gasteiger partial charge on any atom is 0.142 e. The van der Waals surface area contributed by atoms with Crippen LogP contribution in [-0.4, -0.2) is 27.3 Å². The van der Waals surface area contributed by atoms with Crippen LogP contribution in [0.3, 0.4) is 0 Å². The van der Waals surface area contributed by atoms with Crippen LogP contribution in [0.1, 0.15) is 31.0 Å². The zero-order valence-corrected chi connectivity index (χ0v) is 10.3. The van der Waals surface area contributed by atoms with E-state index in [-0.39, 0.29) is 0 Å². The molecule has 1 atom stereocenters. The minimum Gasteiger partial charge on any atom is -0.308 e. The molecule has 3 N–H and O–H groups in total. The summed E-state index contributed by atoms with van der Waals surface area (Å²) in [4.78, 5) is 2.49. The number of nitrogens with one attached hydrogen (secondary N) is 1. The average molecular weight is 223 g/mol. The van der Waals surface area contributed by atoms with Gasteiger partial charge in [0, 0.05) is 25.2 Å². The van der Waals surface area contributed by atoms with Crippen LogP contribution in [-0.2, 0) is 13.6 Å². The molecule has 1 aromatic rings. The molecule has 1 aliphatic heterocycles. The third-order valence-electron chi connectivity index (χ3n) is 3.53. The molecule has 1 fully saturated rings. The molecule has 0 bridgehead atoms. The lowest BCUT2D eigenvalue weighted by atomic mass is 10.2. The van der Waals surface area contributed by atoms with Crippen molar-refractivity contribution in [2.75, 3.05) is 12.0 Å². The van der Waals surface area contributed by atoms with Crippen molar-refractivity contribution in [2.24, 2.45) is 12.9 Å². The van der Waals surface area contributed by atoms with E-state index in [4.69, 9.17) is 5.84 Å². The molecule has 0 aliphatic carbocycles. The van der Waals surface area contributed by atoms with Crippen molar-refractivity contribution in [1.82, 2.24) is 14.7 Å². The van der Waals surface area contributed by atoms with Crippen LogP contribution in [0, 0.1) is 6.92 Å². The zero-order chi connectivity index (χ0) is 11.7. The van der Waals surface area contributed by atoms with Crippen molar-refractivity contribution >= 4 is 5.82 Å². The lowest BCUT2D eigenvalue weighted by Crippen LogP contribution is -2.27. The fourth-order valence-corrected chi connectivity index (χ4v) is 2.50. The van der Waals surface area contributed by atoms with E-state index in [1.165, 1.54) is 24.9 Å². The Hall–Kier alpha value is -1.07. The van der Waals surface area contributed by atoms with Gasteiger partial charge in [0.15, 0.2) is 0 Å². The van der Waals surface area contributed by atoms with Gasteiger partial charge in [-0.15, -0.1) is 0 Å². The molecule has 5 heteroatoms. The number of nitrogens with two attached hydrogens (primary N) is 1. The topological polar surface area (TPSA) is 59.1 Å². The molecular weight excluding hydrogens is 202 g/mol. The number of nitrogen functional groups attached to an aromatic ring is 1. The van der Waals surface area contributed by atoms with Crippen LogP contribution in [0.15, 0.2) is 0 Å². The zero-order valence-electron chi connectivity index (χ0n) is 10.3. The summed E-state index contributed by atoms with van der Waals surface area (Å²) in [6.45, 7) is 6.45. The highest BCUT2D eigenvalue weighted by atomic mass is 15.4. The van der Waals surface area contributed by atoms with Crippen LogP contribution in [0.25, 0.3) is 0 Å².